The smallest absolute Gasteiger partial charge is 0.246 e. The summed E-state index contributed by atoms with van der Waals surface area (Å²) in [4.78, 5) is 4.34. The number of rotatable bonds is 2. The summed E-state index contributed by atoms with van der Waals surface area (Å²) in [6.07, 6.45) is -0.0354. The molecule has 2 heterocycles. The van der Waals surface area contributed by atoms with Crippen molar-refractivity contribution in [1.29, 1.82) is 0 Å². The van der Waals surface area contributed by atoms with Gasteiger partial charge >= 0.3 is 0 Å². The first-order valence-corrected chi connectivity index (χ1v) is 6.60. The lowest BCUT2D eigenvalue weighted by molar-refractivity contribution is -0.00136. The van der Waals surface area contributed by atoms with Gasteiger partial charge in [0.2, 0.25) is 11.7 Å². The molecule has 2 aromatic rings. The number of morpholine rings is 1. The minimum Gasteiger partial charge on any atom is -0.375 e. The average Bonchev–Trinajstić information content (AvgIpc) is 2.92. The van der Waals surface area contributed by atoms with Crippen LogP contribution in [-0.2, 0) is 4.74 Å². The molecule has 1 fully saturated rings. The molecule has 1 aromatic heterocycles. The van der Waals surface area contributed by atoms with Crippen molar-refractivity contribution in [3.8, 4) is 11.4 Å². The Labute approximate surface area is 128 Å². The topological polar surface area (TPSA) is 60.2 Å². The van der Waals surface area contributed by atoms with Crippen LogP contribution in [0.5, 0.6) is 0 Å². The summed E-state index contributed by atoms with van der Waals surface area (Å²) in [5, 5.41) is 7.19. The van der Waals surface area contributed by atoms with E-state index in [0.29, 0.717) is 29.4 Å². The number of nitrogens with one attached hydrogen (secondary N) is 1. The maximum Gasteiger partial charge on any atom is 0.246 e. The maximum absolute atomic E-state index is 13.6. The van der Waals surface area contributed by atoms with E-state index in [2.05, 4.69) is 15.5 Å². The van der Waals surface area contributed by atoms with Gasteiger partial charge in [-0.2, -0.15) is 4.98 Å². The molecule has 21 heavy (non-hydrogen) atoms. The first kappa shape index (κ1) is 15.9. The van der Waals surface area contributed by atoms with Gasteiger partial charge < -0.3 is 14.6 Å². The van der Waals surface area contributed by atoms with Crippen molar-refractivity contribution < 1.29 is 13.7 Å². The third-order valence-corrected chi connectivity index (χ3v) is 3.45. The van der Waals surface area contributed by atoms with Gasteiger partial charge in [-0.05, 0) is 25.5 Å². The summed E-state index contributed by atoms with van der Waals surface area (Å²) in [5.41, 5.74) is 1.20. The molecule has 5 nitrogen and oxygen atoms in total. The first-order chi connectivity index (χ1) is 9.65. The molecule has 2 atom stereocenters. The second-order valence-electron chi connectivity index (χ2n) is 4.93. The van der Waals surface area contributed by atoms with Crippen LogP contribution in [0.15, 0.2) is 22.7 Å². The number of aromatic nitrogens is 2. The van der Waals surface area contributed by atoms with Crippen LogP contribution in [0.25, 0.3) is 11.4 Å². The number of hydrogen-bond donors (Lipinski definition) is 1. The largest absolute Gasteiger partial charge is 0.375 e. The molecule has 1 N–H and O–H groups in total. The van der Waals surface area contributed by atoms with E-state index in [0.717, 1.165) is 6.54 Å². The molecule has 3 rings (SSSR count). The van der Waals surface area contributed by atoms with E-state index in [9.17, 15) is 4.39 Å². The molecule has 0 spiro atoms. The minimum absolute atomic E-state index is 0. The van der Waals surface area contributed by atoms with Gasteiger partial charge in [-0.3, -0.25) is 0 Å². The average molecular weight is 314 g/mol. The fourth-order valence-electron chi connectivity index (χ4n) is 2.22. The SMILES string of the molecule is Cc1ccc(-c2noc([C@H]3NCCO[C@@H]3C)n2)cc1F.Cl. The fourth-order valence-corrected chi connectivity index (χ4v) is 2.22. The van der Waals surface area contributed by atoms with Crippen molar-refractivity contribution in [2.75, 3.05) is 13.2 Å². The van der Waals surface area contributed by atoms with E-state index in [1.807, 2.05) is 6.92 Å². The molecule has 114 valence electrons. The van der Waals surface area contributed by atoms with E-state index in [1.165, 1.54) is 6.07 Å². The van der Waals surface area contributed by atoms with Gasteiger partial charge in [0, 0.05) is 12.1 Å². The zero-order valence-corrected chi connectivity index (χ0v) is 12.6. The molecule has 0 amide bonds. The molecule has 1 aromatic carbocycles. The van der Waals surface area contributed by atoms with Crippen molar-refractivity contribution in [2.45, 2.75) is 26.0 Å². The second-order valence-corrected chi connectivity index (χ2v) is 4.93. The third kappa shape index (κ3) is 3.23. The first-order valence-electron chi connectivity index (χ1n) is 6.60. The molecule has 1 aliphatic heterocycles. The van der Waals surface area contributed by atoms with Crippen molar-refractivity contribution >= 4 is 12.4 Å². The van der Waals surface area contributed by atoms with Gasteiger partial charge in [-0.1, -0.05) is 17.3 Å². The van der Waals surface area contributed by atoms with Crippen LogP contribution in [0.1, 0.15) is 24.4 Å². The van der Waals surface area contributed by atoms with Gasteiger partial charge in [0.25, 0.3) is 0 Å². The summed E-state index contributed by atoms with van der Waals surface area (Å²) in [7, 11) is 0. The predicted molar refractivity (Wildman–Crippen MR) is 77.8 cm³/mol. The Morgan fingerprint density at radius 2 is 2.19 bits per heavy atom. The fraction of sp³-hybridized carbons (Fsp3) is 0.429. The lowest BCUT2D eigenvalue weighted by Crippen LogP contribution is -2.40. The molecule has 1 aliphatic rings. The lowest BCUT2D eigenvalue weighted by Gasteiger charge is -2.27. The highest BCUT2D eigenvalue weighted by Gasteiger charge is 2.28. The molecule has 7 heteroatoms. The van der Waals surface area contributed by atoms with Gasteiger partial charge in [-0.15, -0.1) is 12.4 Å². The van der Waals surface area contributed by atoms with Gasteiger partial charge in [0.05, 0.1) is 12.7 Å². The second kappa shape index (κ2) is 6.51. The third-order valence-electron chi connectivity index (χ3n) is 3.45. The van der Waals surface area contributed by atoms with Crippen LogP contribution in [0, 0.1) is 12.7 Å². The number of benzene rings is 1. The highest BCUT2D eigenvalue weighted by atomic mass is 35.5. The summed E-state index contributed by atoms with van der Waals surface area (Å²) in [5.74, 6) is 0.577. The highest BCUT2D eigenvalue weighted by molar-refractivity contribution is 5.85. The Morgan fingerprint density at radius 1 is 1.38 bits per heavy atom. The normalized spacial score (nSPS) is 21.9. The van der Waals surface area contributed by atoms with E-state index >= 15 is 0 Å². The van der Waals surface area contributed by atoms with Gasteiger partial charge in [0.15, 0.2) is 0 Å². The minimum atomic E-state index is -0.277. The van der Waals surface area contributed by atoms with Gasteiger partial charge in [0.1, 0.15) is 11.9 Å². The number of hydrogen-bond acceptors (Lipinski definition) is 5. The maximum atomic E-state index is 13.6. The monoisotopic (exact) mass is 313 g/mol. The zero-order chi connectivity index (χ0) is 14.1. The lowest BCUT2D eigenvalue weighted by atomic mass is 10.1. The molecule has 0 saturated carbocycles. The van der Waals surface area contributed by atoms with Gasteiger partial charge in [-0.25, -0.2) is 4.39 Å². The number of nitrogens with zero attached hydrogens (tertiary/aromatic N) is 2. The summed E-state index contributed by atoms with van der Waals surface area (Å²) < 4.78 is 24.4. The molecule has 0 unspecified atom stereocenters. The van der Waals surface area contributed by atoms with Crippen LogP contribution < -0.4 is 5.32 Å². The molecule has 0 aliphatic carbocycles. The highest BCUT2D eigenvalue weighted by Crippen LogP contribution is 2.24. The number of aryl methyl sites for hydroxylation is 1. The standard InChI is InChI=1S/C14H16FN3O2.ClH/c1-8-3-4-10(7-11(8)15)13-17-14(20-18-13)12-9(2)19-6-5-16-12;/h3-4,7,9,12,16H,5-6H2,1-2H3;1H/t9-,12+;/m1./s1. The number of halogens is 2. The quantitative estimate of drug-likeness (QED) is 0.923. The van der Waals surface area contributed by atoms with Crippen molar-refractivity contribution in [1.82, 2.24) is 15.5 Å². The van der Waals surface area contributed by atoms with Crippen molar-refractivity contribution in [3.63, 3.8) is 0 Å². The molecule has 0 radical (unpaired) electrons. The van der Waals surface area contributed by atoms with Crippen LogP contribution in [-0.4, -0.2) is 29.4 Å². The van der Waals surface area contributed by atoms with E-state index in [-0.39, 0.29) is 30.4 Å². The summed E-state index contributed by atoms with van der Waals surface area (Å²) in [6, 6.07) is 4.77. The van der Waals surface area contributed by atoms with Crippen molar-refractivity contribution in [2.24, 2.45) is 0 Å². The molecular formula is C14H17ClFN3O2. The van der Waals surface area contributed by atoms with Crippen molar-refractivity contribution in [3.05, 3.63) is 35.5 Å². The van der Waals surface area contributed by atoms with Crippen LogP contribution >= 0.6 is 12.4 Å². The van der Waals surface area contributed by atoms with Crippen LogP contribution in [0.4, 0.5) is 4.39 Å². The van der Waals surface area contributed by atoms with Crippen LogP contribution in [0.2, 0.25) is 0 Å². The predicted octanol–water partition coefficient (Wildman–Crippen LogP) is 2.66. The molecular weight excluding hydrogens is 297 g/mol. The Morgan fingerprint density at radius 3 is 2.90 bits per heavy atom. The number of ether oxygens (including phenoxy) is 1. The summed E-state index contributed by atoms with van der Waals surface area (Å²) >= 11 is 0. The molecule has 1 saturated heterocycles. The Hall–Kier alpha value is -1.50. The summed E-state index contributed by atoms with van der Waals surface area (Å²) in [6.45, 7) is 5.08. The zero-order valence-electron chi connectivity index (χ0n) is 11.8. The van der Waals surface area contributed by atoms with Crippen LogP contribution in [0.3, 0.4) is 0 Å². The van der Waals surface area contributed by atoms with E-state index in [1.54, 1.807) is 19.1 Å². The Kier molecular flexibility index (Phi) is 4.92. The molecule has 0 bridgehead atoms. The Bertz CT molecular complexity index is 620. The van der Waals surface area contributed by atoms with E-state index in [4.69, 9.17) is 9.26 Å². The van der Waals surface area contributed by atoms with E-state index < -0.39 is 0 Å². The Balaban J connectivity index is 0.00000161.